The lowest BCUT2D eigenvalue weighted by Gasteiger charge is -2.12. The Kier molecular flexibility index (Phi) is 6.99. The summed E-state index contributed by atoms with van der Waals surface area (Å²) in [6.07, 6.45) is 0. The number of anilines is 2. The zero-order valence-electron chi connectivity index (χ0n) is 18.0. The van der Waals surface area contributed by atoms with Gasteiger partial charge < -0.3 is 20.1 Å². The third-order valence-corrected chi connectivity index (χ3v) is 6.36. The second kappa shape index (κ2) is 9.55. The highest BCUT2D eigenvalue weighted by Crippen LogP contribution is 2.29. The molecule has 4 N–H and O–H groups in total. The first-order valence-electron chi connectivity index (χ1n) is 9.82. The maximum Gasteiger partial charge on any atom is 0.340 e. The first-order valence-corrected chi connectivity index (χ1v) is 11.7. The maximum absolute atomic E-state index is 12.8. The first kappa shape index (κ1) is 24.1. The van der Waals surface area contributed by atoms with Crippen LogP contribution in [0.4, 0.5) is 11.4 Å². The van der Waals surface area contributed by atoms with E-state index in [-0.39, 0.29) is 39.9 Å². The molecular formula is C22H22ClN3O6S. The predicted molar refractivity (Wildman–Crippen MR) is 125 cm³/mol. The number of phenols is 1. The quantitative estimate of drug-likeness (QED) is 0.288. The zero-order valence-corrected chi connectivity index (χ0v) is 19.6. The lowest BCUT2D eigenvalue weighted by molar-refractivity contribution is 0.0525. The molecule has 1 heterocycles. The summed E-state index contributed by atoms with van der Waals surface area (Å²) in [5.74, 6) is -1.57. The molecular weight excluding hydrogens is 470 g/mol. The minimum atomic E-state index is -4.04. The lowest BCUT2D eigenvalue weighted by atomic mass is 10.1. The topological polar surface area (TPSA) is 138 Å². The highest BCUT2D eigenvalue weighted by atomic mass is 35.5. The van der Waals surface area contributed by atoms with Crippen molar-refractivity contribution in [3.8, 4) is 5.75 Å². The second-order valence-corrected chi connectivity index (χ2v) is 9.21. The molecule has 9 nitrogen and oxygen atoms in total. The molecule has 0 bridgehead atoms. The molecule has 1 amide bonds. The molecule has 3 aromatic rings. The number of carbonyl (C=O) groups excluding carboxylic acids is 2. The number of esters is 1. The molecule has 0 unspecified atom stereocenters. The zero-order chi connectivity index (χ0) is 24.3. The number of hydrogen-bond acceptors (Lipinski definition) is 6. The fourth-order valence-corrected chi connectivity index (χ4v) is 4.49. The van der Waals surface area contributed by atoms with E-state index < -0.39 is 21.9 Å². The summed E-state index contributed by atoms with van der Waals surface area (Å²) >= 11 is 5.90. The van der Waals surface area contributed by atoms with Crippen molar-refractivity contribution >= 4 is 44.9 Å². The van der Waals surface area contributed by atoms with Gasteiger partial charge in [-0.1, -0.05) is 17.7 Å². The number of rotatable bonds is 7. The normalized spacial score (nSPS) is 11.2. The van der Waals surface area contributed by atoms with E-state index in [4.69, 9.17) is 16.3 Å². The highest BCUT2D eigenvalue weighted by Gasteiger charge is 2.24. The summed E-state index contributed by atoms with van der Waals surface area (Å²) < 4.78 is 32.9. The number of phenolic OH excluding ortho intramolecular Hbond substituents is 1. The van der Waals surface area contributed by atoms with Crippen molar-refractivity contribution in [2.24, 2.45) is 0 Å². The summed E-state index contributed by atoms with van der Waals surface area (Å²) in [5, 5.41) is 13.0. The third kappa shape index (κ3) is 5.29. The number of nitrogens with one attached hydrogen (secondary N) is 3. The Morgan fingerprint density at radius 3 is 2.55 bits per heavy atom. The summed E-state index contributed by atoms with van der Waals surface area (Å²) in [5.41, 5.74) is 1.27. The summed E-state index contributed by atoms with van der Waals surface area (Å²) in [4.78, 5) is 27.6. The van der Waals surface area contributed by atoms with Crippen LogP contribution in [0.5, 0.6) is 5.75 Å². The van der Waals surface area contributed by atoms with Crippen molar-refractivity contribution < 1.29 is 27.9 Å². The van der Waals surface area contributed by atoms with Gasteiger partial charge in [0.15, 0.2) is 0 Å². The number of hydrogen-bond donors (Lipinski definition) is 4. The Morgan fingerprint density at radius 2 is 1.88 bits per heavy atom. The molecule has 1 aromatic heterocycles. The molecule has 0 aliphatic carbocycles. The highest BCUT2D eigenvalue weighted by molar-refractivity contribution is 7.92. The van der Waals surface area contributed by atoms with E-state index in [1.807, 2.05) is 0 Å². The third-order valence-electron chi connectivity index (χ3n) is 4.75. The minimum Gasteiger partial charge on any atom is -0.506 e. The monoisotopic (exact) mass is 491 g/mol. The van der Waals surface area contributed by atoms with Crippen LogP contribution in [0.3, 0.4) is 0 Å². The number of aryl methyl sites for hydroxylation is 1. The molecule has 0 aliphatic rings. The molecule has 0 fully saturated rings. The number of benzene rings is 2. The number of halogens is 1. The van der Waals surface area contributed by atoms with Crippen molar-refractivity contribution in [2.75, 3.05) is 16.6 Å². The molecule has 0 aliphatic heterocycles. The van der Waals surface area contributed by atoms with Crippen LogP contribution in [0.15, 0.2) is 47.4 Å². The van der Waals surface area contributed by atoms with Crippen LogP contribution in [-0.2, 0) is 14.8 Å². The fourth-order valence-electron chi connectivity index (χ4n) is 3.22. The molecule has 33 heavy (non-hydrogen) atoms. The van der Waals surface area contributed by atoms with Gasteiger partial charge in [0.25, 0.3) is 15.9 Å². The molecule has 0 atom stereocenters. The summed E-state index contributed by atoms with van der Waals surface area (Å²) in [7, 11) is -4.04. The van der Waals surface area contributed by atoms with E-state index in [2.05, 4.69) is 15.0 Å². The van der Waals surface area contributed by atoms with Gasteiger partial charge >= 0.3 is 5.97 Å². The van der Waals surface area contributed by atoms with E-state index in [9.17, 15) is 23.1 Å². The summed E-state index contributed by atoms with van der Waals surface area (Å²) in [6, 6.07) is 9.64. The second-order valence-electron chi connectivity index (χ2n) is 7.09. The lowest BCUT2D eigenvalue weighted by Crippen LogP contribution is -2.16. The first-order chi connectivity index (χ1) is 15.5. The number of aromatic nitrogens is 1. The van der Waals surface area contributed by atoms with Gasteiger partial charge in [0, 0.05) is 10.7 Å². The number of H-pyrrole nitrogens is 1. The van der Waals surface area contributed by atoms with E-state index >= 15 is 0 Å². The van der Waals surface area contributed by atoms with Crippen molar-refractivity contribution in [3.63, 3.8) is 0 Å². The fraction of sp³-hybridized carbons (Fsp3) is 0.182. The van der Waals surface area contributed by atoms with E-state index in [0.717, 1.165) is 12.1 Å². The molecule has 0 spiro atoms. The Labute approximate surface area is 195 Å². The van der Waals surface area contributed by atoms with Gasteiger partial charge in [-0.3, -0.25) is 9.52 Å². The van der Waals surface area contributed by atoms with Gasteiger partial charge in [0.05, 0.1) is 28.4 Å². The molecule has 2 aromatic carbocycles. The number of carbonyl (C=O) groups is 2. The van der Waals surface area contributed by atoms with Gasteiger partial charge in [-0.25, -0.2) is 13.2 Å². The van der Waals surface area contributed by atoms with Crippen LogP contribution in [0, 0.1) is 13.8 Å². The van der Waals surface area contributed by atoms with E-state index in [1.54, 1.807) is 32.9 Å². The largest absolute Gasteiger partial charge is 0.506 e. The van der Waals surface area contributed by atoms with Crippen LogP contribution in [0.25, 0.3) is 0 Å². The average molecular weight is 492 g/mol. The van der Waals surface area contributed by atoms with Crippen LogP contribution >= 0.6 is 11.6 Å². The SMILES string of the molecule is CCOC(=O)c1c(C)[nH]c(C(=O)Nc2cc(S(=O)(=O)Nc3cccc(Cl)c3)ccc2O)c1C. The van der Waals surface area contributed by atoms with E-state index in [0.29, 0.717) is 16.3 Å². The number of sulfonamides is 1. The standard InChI is InChI=1S/C22H22ClN3O6S/c1-4-32-22(29)19-12(2)20(24-13(19)3)21(28)25-17-11-16(8-9-18(17)27)33(30,31)26-15-7-5-6-14(23)10-15/h5-11,24,26-27H,4H2,1-3H3,(H,25,28). The number of aromatic amines is 1. The Hall–Kier alpha value is -3.50. The minimum absolute atomic E-state index is 0.0836. The van der Waals surface area contributed by atoms with E-state index in [1.165, 1.54) is 18.2 Å². The molecule has 3 rings (SSSR count). The molecule has 0 radical (unpaired) electrons. The van der Waals surface area contributed by atoms with Gasteiger partial charge in [-0.05, 0) is 62.7 Å². The molecule has 174 valence electrons. The predicted octanol–water partition coefficient (Wildman–Crippen LogP) is 4.22. The Morgan fingerprint density at radius 1 is 1.15 bits per heavy atom. The number of aromatic hydroxyl groups is 1. The van der Waals surface area contributed by atoms with Gasteiger partial charge in [0.1, 0.15) is 11.4 Å². The smallest absolute Gasteiger partial charge is 0.340 e. The number of amides is 1. The van der Waals surface area contributed by atoms with Crippen LogP contribution in [0.2, 0.25) is 5.02 Å². The molecule has 0 saturated heterocycles. The van der Waals surface area contributed by atoms with Gasteiger partial charge in [0.2, 0.25) is 0 Å². The molecule has 0 saturated carbocycles. The van der Waals surface area contributed by atoms with Gasteiger partial charge in [-0.15, -0.1) is 0 Å². The van der Waals surface area contributed by atoms with Gasteiger partial charge in [-0.2, -0.15) is 0 Å². The number of ether oxygens (including phenoxy) is 1. The molecule has 11 heteroatoms. The van der Waals surface area contributed by atoms with Crippen molar-refractivity contribution in [2.45, 2.75) is 25.7 Å². The van der Waals surface area contributed by atoms with Crippen LogP contribution < -0.4 is 10.0 Å². The maximum atomic E-state index is 12.8. The average Bonchev–Trinajstić information content (AvgIpc) is 3.03. The summed E-state index contributed by atoms with van der Waals surface area (Å²) in [6.45, 7) is 5.07. The Balaban J connectivity index is 1.88. The van der Waals surface area contributed by atoms with Crippen LogP contribution in [0.1, 0.15) is 39.0 Å². The van der Waals surface area contributed by atoms with Crippen molar-refractivity contribution in [1.82, 2.24) is 4.98 Å². The van der Waals surface area contributed by atoms with Crippen molar-refractivity contribution in [3.05, 3.63) is 70.0 Å². The van der Waals surface area contributed by atoms with Crippen molar-refractivity contribution in [1.29, 1.82) is 0 Å². The van der Waals surface area contributed by atoms with Crippen LogP contribution in [-0.4, -0.2) is 37.0 Å². The Bertz CT molecular complexity index is 1330.